The predicted molar refractivity (Wildman–Crippen MR) is 150 cm³/mol. The maximum absolute atomic E-state index is 14.0. The molecule has 188 valence electrons. The highest BCUT2D eigenvalue weighted by Gasteiger charge is 2.54. The first-order chi connectivity index (χ1) is 19.1. The molecule has 1 atom stereocenters. The zero-order chi connectivity index (χ0) is 26.4. The van der Waals surface area contributed by atoms with Crippen molar-refractivity contribution in [3.63, 3.8) is 0 Å². The molecular weight excluding hydrogens is 485 g/mol. The first-order valence-corrected chi connectivity index (χ1v) is 12.9. The molecule has 0 saturated heterocycles. The number of nitrogens with zero attached hydrogens (tertiary/aromatic N) is 2. The zero-order valence-electron chi connectivity index (χ0n) is 21.0. The van der Waals surface area contributed by atoms with Gasteiger partial charge in [-0.05, 0) is 41.5 Å². The lowest BCUT2D eigenvalue weighted by Crippen LogP contribution is -2.38. The molecule has 0 aliphatic carbocycles. The maximum atomic E-state index is 14.0. The molecule has 0 saturated carbocycles. The topological polar surface area (TPSA) is 54.5 Å². The smallest absolute Gasteiger partial charge is 0.269 e. The van der Waals surface area contributed by atoms with E-state index in [1.165, 1.54) is 12.1 Å². The first kappa shape index (κ1) is 23.1. The number of nitrogen functional groups attached to an aromatic ring is 1. The average Bonchev–Trinajstić information content (AvgIpc) is 3.56. The monoisotopic (exact) mass is 510 g/mol. The molecule has 5 heteroatoms. The lowest BCUT2D eigenvalue weighted by atomic mass is 9.76. The number of azo groups is 2. The van der Waals surface area contributed by atoms with Gasteiger partial charge in [0.15, 0.2) is 0 Å². The number of hydrogen-bond acceptors (Lipinski definition) is 3. The molecule has 0 amide bonds. The quantitative estimate of drug-likeness (QED) is 0.144. The molecule has 1 unspecified atom stereocenters. The summed E-state index contributed by atoms with van der Waals surface area (Å²) in [6.07, 6.45) is 0. The van der Waals surface area contributed by atoms with Gasteiger partial charge in [-0.15, -0.1) is 0 Å². The Labute approximate surface area is 225 Å². The molecule has 2 heterocycles. The Morgan fingerprint density at radius 2 is 1.28 bits per heavy atom. The van der Waals surface area contributed by atoms with Crippen molar-refractivity contribution in [2.45, 2.75) is 11.6 Å². The number of nitrogens with two attached hydrogens (primary N) is 1. The van der Waals surface area contributed by atoms with E-state index >= 15 is 0 Å². The number of hydrogen-bond donors (Lipinski definition) is 1. The van der Waals surface area contributed by atoms with E-state index in [-0.39, 0.29) is 5.82 Å². The molecular formula is C34H25FN3O+. The highest BCUT2D eigenvalue weighted by molar-refractivity contribution is 5.78. The van der Waals surface area contributed by atoms with Gasteiger partial charge in [-0.3, -0.25) is 0 Å². The summed E-state index contributed by atoms with van der Waals surface area (Å²) in [6.45, 7) is 0. The van der Waals surface area contributed by atoms with Crippen molar-refractivity contribution < 1.29 is 13.5 Å². The van der Waals surface area contributed by atoms with E-state index in [9.17, 15) is 4.39 Å². The van der Waals surface area contributed by atoms with Crippen LogP contribution < -0.4 is 5.73 Å². The van der Waals surface area contributed by atoms with Gasteiger partial charge in [-0.25, -0.2) is 4.39 Å². The van der Waals surface area contributed by atoms with E-state index in [4.69, 9.17) is 15.3 Å². The van der Waals surface area contributed by atoms with Crippen molar-refractivity contribution in [1.82, 2.24) is 0 Å². The average molecular weight is 511 g/mol. The molecule has 1 aliphatic heterocycles. The fourth-order valence-corrected chi connectivity index (χ4v) is 5.78. The highest BCUT2D eigenvalue weighted by Crippen LogP contribution is 2.51. The Balaban J connectivity index is 1.56. The molecule has 0 spiro atoms. The Morgan fingerprint density at radius 1 is 0.692 bits per heavy atom. The van der Waals surface area contributed by atoms with Gasteiger partial charge >= 0.3 is 0 Å². The summed E-state index contributed by atoms with van der Waals surface area (Å²) >= 11 is 0. The number of halogens is 1. The normalized spacial score (nSPS) is 14.8. The first-order valence-electron chi connectivity index (χ1n) is 12.9. The summed E-state index contributed by atoms with van der Waals surface area (Å²) in [4.78, 5) is 0. The second kappa shape index (κ2) is 9.07. The SMILES string of the molecule is Nc1ccc2c(c1)C(c1cc3cc(F)ccc3o1)N=[N+]2C(c1ccccc1)(c1ccccc1)c1ccccc1. The third kappa shape index (κ3) is 3.66. The van der Waals surface area contributed by atoms with Crippen LogP contribution in [0.25, 0.3) is 11.0 Å². The second-order valence-corrected chi connectivity index (χ2v) is 9.79. The lowest BCUT2D eigenvalue weighted by molar-refractivity contribution is -0.578. The Hall–Kier alpha value is -5.03. The third-order valence-corrected chi connectivity index (χ3v) is 7.46. The molecule has 1 aliphatic rings. The molecule has 0 radical (unpaired) electrons. The van der Waals surface area contributed by atoms with Crippen molar-refractivity contribution in [3.8, 4) is 0 Å². The van der Waals surface area contributed by atoms with Crippen LogP contribution in [0, 0.1) is 5.82 Å². The van der Waals surface area contributed by atoms with Gasteiger partial charge in [0.1, 0.15) is 17.2 Å². The van der Waals surface area contributed by atoms with Crippen molar-refractivity contribution in [3.05, 3.63) is 167 Å². The van der Waals surface area contributed by atoms with Crippen LogP contribution in [0.4, 0.5) is 15.8 Å². The summed E-state index contributed by atoms with van der Waals surface area (Å²) < 4.78 is 22.4. The number of benzene rings is 5. The van der Waals surface area contributed by atoms with E-state index in [0.717, 1.165) is 27.9 Å². The number of rotatable bonds is 5. The van der Waals surface area contributed by atoms with Crippen molar-refractivity contribution in [1.29, 1.82) is 0 Å². The summed E-state index contributed by atoms with van der Waals surface area (Å²) in [6, 6.07) is 43.1. The second-order valence-electron chi connectivity index (χ2n) is 9.79. The van der Waals surface area contributed by atoms with Crippen LogP contribution >= 0.6 is 0 Å². The minimum absolute atomic E-state index is 0.305. The van der Waals surface area contributed by atoms with Crippen LogP contribution in [-0.2, 0) is 5.54 Å². The fourth-order valence-electron chi connectivity index (χ4n) is 5.78. The van der Waals surface area contributed by atoms with Gasteiger partial charge in [-0.1, -0.05) is 95.7 Å². The summed E-state index contributed by atoms with van der Waals surface area (Å²) in [5.74, 6) is 0.328. The Kier molecular flexibility index (Phi) is 5.37. The van der Waals surface area contributed by atoms with Crippen LogP contribution in [0.15, 0.2) is 143 Å². The minimum atomic E-state index is -0.790. The molecule has 0 fully saturated rings. The molecule has 4 nitrogen and oxygen atoms in total. The van der Waals surface area contributed by atoms with Gasteiger partial charge < -0.3 is 10.2 Å². The van der Waals surface area contributed by atoms with Crippen LogP contribution in [0.5, 0.6) is 0 Å². The molecule has 6 aromatic rings. The van der Waals surface area contributed by atoms with Gasteiger partial charge in [0.2, 0.25) is 11.7 Å². The van der Waals surface area contributed by atoms with Gasteiger partial charge in [0.25, 0.3) is 5.54 Å². The van der Waals surface area contributed by atoms with Crippen LogP contribution in [0.2, 0.25) is 0 Å². The Bertz CT molecular complexity index is 1730. The van der Waals surface area contributed by atoms with E-state index in [2.05, 4.69) is 77.5 Å². The molecule has 7 rings (SSSR count). The Morgan fingerprint density at radius 3 is 1.87 bits per heavy atom. The van der Waals surface area contributed by atoms with Crippen molar-refractivity contribution >= 4 is 22.3 Å². The lowest BCUT2D eigenvalue weighted by Gasteiger charge is -2.29. The van der Waals surface area contributed by atoms with Gasteiger partial charge in [-0.2, -0.15) is 0 Å². The summed E-state index contributed by atoms with van der Waals surface area (Å²) in [5, 5.41) is 6.08. The third-order valence-electron chi connectivity index (χ3n) is 7.46. The van der Waals surface area contributed by atoms with Crippen LogP contribution in [0.3, 0.4) is 0 Å². The number of anilines is 1. The molecule has 1 aromatic heterocycles. The van der Waals surface area contributed by atoms with Gasteiger partial charge in [0, 0.05) is 33.8 Å². The maximum Gasteiger partial charge on any atom is 0.269 e. The molecule has 5 aromatic carbocycles. The summed E-state index contributed by atoms with van der Waals surface area (Å²) in [5.41, 5.74) is 11.9. The van der Waals surface area contributed by atoms with E-state index in [0.29, 0.717) is 22.4 Å². The molecule has 39 heavy (non-hydrogen) atoms. The number of furan rings is 1. The van der Waals surface area contributed by atoms with E-state index in [1.807, 2.05) is 42.5 Å². The van der Waals surface area contributed by atoms with Crippen LogP contribution in [0.1, 0.15) is 34.1 Å². The van der Waals surface area contributed by atoms with Crippen LogP contribution in [-0.4, -0.2) is 4.70 Å². The minimum Gasteiger partial charge on any atom is -0.458 e. The van der Waals surface area contributed by atoms with E-state index in [1.54, 1.807) is 6.07 Å². The molecule has 2 N–H and O–H groups in total. The molecule has 0 bridgehead atoms. The van der Waals surface area contributed by atoms with Crippen molar-refractivity contribution in [2.24, 2.45) is 5.11 Å². The largest absolute Gasteiger partial charge is 0.458 e. The summed E-state index contributed by atoms with van der Waals surface area (Å²) in [7, 11) is 0. The highest BCUT2D eigenvalue weighted by atomic mass is 19.1. The fraction of sp³-hybridized carbons (Fsp3) is 0.0588. The zero-order valence-corrected chi connectivity index (χ0v) is 21.0. The standard InChI is InChI=1S/C34H25FN3O/c35-27-16-19-31-23(20-27)21-32(39-31)33-29-22-28(36)17-18-30(29)38(37-33)34(24-10-4-1-5-11-24,25-12-6-2-7-13-25)26-14-8-3-9-15-26/h1-22,33H,36H2/q+1. The predicted octanol–water partition coefficient (Wildman–Crippen LogP) is 8.35. The van der Waals surface area contributed by atoms with E-state index < -0.39 is 11.6 Å². The van der Waals surface area contributed by atoms with Gasteiger partial charge in [0.05, 0.1) is 5.56 Å². The number of fused-ring (bicyclic) bond motifs is 2. The van der Waals surface area contributed by atoms with Crippen molar-refractivity contribution in [2.75, 3.05) is 5.73 Å².